The maximum absolute atomic E-state index is 6.13. The lowest BCUT2D eigenvalue weighted by Gasteiger charge is -2.40. The first kappa shape index (κ1) is 14.2. The van der Waals surface area contributed by atoms with E-state index in [1.54, 1.807) is 0 Å². The molecule has 0 bridgehead atoms. The second-order valence-electron chi connectivity index (χ2n) is 6.21. The maximum Gasteiger partial charge on any atom is 0.149 e. The number of hydrogen-bond donors (Lipinski definition) is 0. The van der Waals surface area contributed by atoms with Crippen LogP contribution >= 0.6 is 0 Å². The average Bonchev–Trinajstić information content (AvgIpc) is 2.32. The second-order valence-corrected chi connectivity index (χ2v) is 6.21. The Labute approximate surface area is 117 Å². The number of pyridine rings is 1. The van der Waals surface area contributed by atoms with Crippen LogP contribution in [0.2, 0.25) is 0 Å². The molecule has 0 saturated carbocycles. The molecule has 1 aromatic rings. The van der Waals surface area contributed by atoms with E-state index in [9.17, 15) is 0 Å². The number of aromatic nitrogens is 1. The van der Waals surface area contributed by atoms with E-state index in [2.05, 4.69) is 53.4 Å². The van der Waals surface area contributed by atoms with E-state index in [-0.39, 0.29) is 6.10 Å². The summed E-state index contributed by atoms with van der Waals surface area (Å²) in [7, 11) is 0. The van der Waals surface area contributed by atoms with Gasteiger partial charge in [0.05, 0.1) is 12.2 Å². The monoisotopic (exact) mass is 262 g/mol. The summed E-state index contributed by atoms with van der Waals surface area (Å²) in [6, 6.07) is 0.464. The van der Waals surface area contributed by atoms with Gasteiger partial charge in [0.25, 0.3) is 0 Å². The zero-order valence-electron chi connectivity index (χ0n) is 13.2. The number of nitrogens with zero attached hydrogens (tertiary/aromatic N) is 2. The van der Waals surface area contributed by atoms with Crippen LogP contribution in [0.3, 0.4) is 0 Å². The molecule has 1 atom stereocenters. The van der Waals surface area contributed by atoms with Crippen LogP contribution in [0.5, 0.6) is 5.75 Å². The molecule has 2 heterocycles. The molecule has 0 radical (unpaired) electrons. The van der Waals surface area contributed by atoms with Crippen molar-refractivity contribution in [3.63, 3.8) is 0 Å². The van der Waals surface area contributed by atoms with Crippen molar-refractivity contribution >= 4 is 5.69 Å². The summed E-state index contributed by atoms with van der Waals surface area (Å²) in [4.78, 5) is 7.26. The van der Waals surface area contributed by atoms with Gasteiger partial charge in [0.1, 0.15) is 17.5 Å². The average molecular weight is 262 g/mol. The van der Waals surface area contributed by atoms with Crippen LogP contribution in [0.1, 0.15) is 57.5 Å². The predicted molar refractivity (Wildman–Crippen MR) is 80.4 cm³/mol. The van der Waals surface area contributed by atoms with Crippen molar-refractivity contribution in [2.45, 2.75) is 66.5 Å². The molecule has 3 nitrogen and oxygen atoms in total. The quantitative estimate of drug-likeness (QED) is 0.810. The van der Waals surface area contributed by atoms with E-state index < -0.39 is 0 Å². The normalized spacial score (nSPS) is 18.8. The highest BCUT2D eigenvalue weighted by Crippen LogP contribution is 2.42. The fourth-order valence-electron chi connectivity index (χ4n) is 2.68. The lowest BCUT2D eigenvalue weighted by Crippen LogP contribution is -2.43. The summed E-state index contributed by atoms with van der Waals surface area (Å²) >= 11 is 0. The molecule has 0 aliphatic carbocycles. The van der Waals surface area contributed by atoms with Gasteiger partial charge in [-0.05, 0) is 40.5 Å². The first-order chi connectivity index (χ1) is 8.82. The summed E-state index contributed by atoms with van der Waals surface area (Å²) in [5.74, 6) is 1.45. The van der Waals surface area contributed by atoms with Crippen LogP contribution in [-0.2, 0) is 0 Å². The van der Waals surface area contributed by atoms with Gasteiger partial charge in [0.15, 0.2) is 0 Å². The van der Waals surface area contributed by atoms with Gasteiger partial charge < -0.3 is 9.64 Å². The zero-order chi connectivity index (χ0) is 14.3. The minimum absolute atomic E-state index is 0.232. The molecule has 1 aliphatic rings. The highest BCUT2D eigenvalue weighted by molar-refractivity contribution is 5.68. The number of anilines is 1. The summed E-state index contributed by atoms with van der Waals surface area (Å²) in [6.45, 7) is 16.1. The Morgan fingerprint density at radius 2 is 1.84 bits per heavy atom. The lowest BCUT2D eigenvalue weighted by atomic mass is 10.00. The van der Waals surface area contributed by atoms with Crippen molar-refractivity contribution in [2.24, 2.45) is 0 Å². The third-order valence-electron chi connectivity index (χ3n) is 3.86. The van der Waals surface area contributed by atoms with Gasteiger partial charge >= 0.3 is 0 Å². The van der Waals surface area contributed by atoms with Gasteiger partial charge in [-0.15, -0.1) is 0 Å². The Morgan fingerprint density at radius 1 is 1.21 bits per heavy atom. The number of rotatable bonds is 2. The van der Waals surface area contributed by atoms with Gasteiger partial charge in [-0.25, -0.2) is 0 Å². The van der Waals surface area contributed by atoms with E-state index in [4.69, 9.17) is 9.72 Å². The van der Waals surface area contributed by atoms with Crippen molar-refractivity contribution in [1.82, 2.24) is 4.98 Å². The summed E-state index contributed by atoms with van der Waals surface area (Å²) in [5, 5.41) is 0. The molecule has 1 aliphatic heterocycles. The van der Waals surface area contributed by atoms with Gasteiger partial charge in [-0.2, -0.15) is 0 Å². The molecule has 0 aromatic carbocycles. The molecule has 0 saturated heterocycles. The van der Waals surface area contributed by atoms with E-state index in [1.807, 2.05) is 0 Å². The molecule has 19 heavy (non-hydrogen) atoms. The Hall–Kier alpha value is -1.25. The molecular weight excluding hydrogens is 236 g/mol. The van der Waals surface area contributed by atoms with Gasteiger partial charge in [0, 0.05) is 17.3 Å². The number of aryl methyl sites for hydroxylation is 1. The Bertz CT molecular complexity index is 480. The molecule has 3 heteroatoms. The molecule has 1 aromatic heterocycles. The molecular formula is C16H26N2O. The van der Waals surface area contributed by atoms with Crippen LogP contribution < -0.4 is 9.64 Å². The number of fused-ring (bicyclic) bond motifs is 1. The number of hydrogen-bond acceptors (Lipinski definition) is 3. The van der Waals surface area contributed by atoms with Crippen LogP contribution in [0.25, 0.3) is 0 Å². The van der Waals surface area contributed by atoms with Crippen molar-refractivity contribution < 1.29 is 4.74 Å². The first-order valence-electron chi connectivity index (χ1n) is 7.27. The van der Waals surface area contributed by atoms with Crippen molar-refractivity contribution in [3.8, 4) is 5.75 Å². The molecule has 0 amide bonds. The fraction of sp³-hybridized carbons (Fsp3) is 0.688. The van der Waals surface area contributed by atoms with E-state index in [0.29, 0.717) is 12.0 Å². The zero-order valence-corrected chi connectivity index (χ0v) is 13.2. The molecule has 0 N–H and O–H groups in total. The lowest BCUT2D eigenvalue weighted by molar-refractivity contribution is 0.206. The van der Waals surface area contributed by atoms with Gasteiger partial charge in [0.2, 0.25) is 0 Å². The SMILES string of the molecule is Cc1nc(C(C)C)c2c(c1C)O[C@H](C)CN2C(C)C. The third-order valence-corrected chi connectivity index (χ3v) is 3.86. The molecule has 0 spiro atoms. The molecule has 0 unspecified atom stereocenters. The van der Waals surface area contributed by atoms with Crippen molar-refractivity contribution in [3.05, 3.63) is 17.0 Å². The van der Waals surface area contributed by atoms with Crippen LogP contribution in [0.15, 0.2) is 0 Å². The molecule has 0 fully saturated rings. The van der Waals surface area contributed by atoms with E-state index in [0.717, 1.165) is 18.0 Å². The smallest absolute Gasteiger partial charge is 0.149 e. The largest absolute Gasteiger partial charge is 0.486 e. The van der Waals surface area contributed by atoms with Crippen molar-refractivity contribution in [2.75, 3.05) is 11.4 Å². The van der Waals surface area contributed by atoms with Crippen LogP contribution in [0, 0.1) is 13.8 Å². The molecule has 106 valence electrons. The second kappa shape index (κ2) is 5.03. The van der Waals surface area contributed by atoms with Crippen molar-refractivity contribution in [1.29, 1.82) is 0 Å². The highest BCUT2D eigenvalue weighted by atomic mass is 16.5. The van der Waals surface area contributed by atoms with Crippen LogP contribution in [0.4, 0.5) is 5.69 Å². The summed E-state index contributed by atoms with van der Waals surface area (Å²) < 4.78 is 6.13. The predicted octanol–water partition coefficient (Wildman–Crippen LogP) is 3.82. The van der Waals surface area contributed by atoms with E-state index in [1.165, 1.54) is 16.9 Å². The number of ether oxygens (including phenoxy) is 1. The Kier molecular flexibility index (Phi) is 3.75. The highest BCUT2D eigenvalue weighted by Gasteiger charge is 2.31. The molecule has 2 rings (SSSR count). The minimum Gasteiger partial charge on any atom is -0.486 e. The maximum atomic E-state index is 6.13. The van der Waals surface area contributed by atoms with Gasteiger partial charge in [-0.3, -0.25) is 4.98 Å². The Morgan fingerprint density at radius 3 is 2.37 bits per heavy atom. The topological polar surface area (TPSA) is 25.4 Å². The fourth-order valence-corrected chi connectivity index (χ4v) is 2.68. The van der Waals surface area contributed by atoms with Crippen LogP contribution in [-0.4, -0.2) is 23.7 Å². The third kappa shape index (κ3) is 2.43. The standard InChI is InChI=1S/C16H26N2O/c1-9(2)14-15-16(12(6)13(7)17-14)19-11(5)8-18(15)10(3)4/h9-11H,8H2,1-7H3/t11-/m1/s1. The summed E-state index contributed by atoms with van der Waals surface area (Å²) in [5.41, 5.74) is 4.64. The Balaban J connectivity index is 2.68. The summed E-state index contributed by atoms with van der Waals surface area (Å²) in [6.07, 6.45) is 0.232. The van der Waals surface area contributed by atoms with Gasteiger partial charge in [-0.1, -0.05) is 13.8 Å². The first-order valence-corrected chi connectivity index (χ1v) is 7.27. The van der Waals surface area contributed by atoms with E-state index >= 15 is 0 Å². The minimum atomic E-state index is 0.232.